The SMILES string of the molecule is CCN1CCN(Cc2ccc(COc3nccc(C(C#N)=C4Nc5ccccc5S4)n3)cc2)CC1. The first-order valence-corrected chi connectivity index (χ1v) is 12.7. The number of nitriles is 1. The number of likely N-dealkylation sites (N-methyl/N-ethyl adjacent to an activating group) is 1. The number of nitrogens with one attached hydrogen (secondary N) is 1. The van der Waals surface area contributed by atoms with Crippen LogP contribution in [0, 0.1) is 11.3 Å². The quantitative estimate of drug-likeness (QED) is 0.488. The largest absolute Gasteiger partial charge is 0.459 e. The Morgan fingerprint density at radius 1 is 1.03 bits per heavy atom. The zero-order chi connectivity index (χ0) is 24.0. The Labute approximate surface area is 210 Å². The highest BCUT2D eigenvalue weighted by molar-refractivity contribution is 8.04. The van der Waals surface area contributed by atoms with Crippen LogP contribution in [0.1, 0.15) is 23.7 Å². The highest BCUT2D eigenvalue weighted by atomic mass is 32.2. The molecule has 1 saturated heterocycles. The lowest BCUT2D eigenvalue weighted by molar-refractivity contribution is 0.132. The second kappa shape index (κ2) is 10.9. The molecule has 0 saturated carbocycles. The van der Waals surface area contributed by atoms with E-state index in [1.54, 1.807) is 12.3 Å². The molecule has 1 N–H and O–H groups in total. The van der Waals surface area contributed by atoms with E-state index in [1.165, 1.54) is 17.3 Å². The van der Waals surface area contributed by atoms with Crippen molar-refractivity contribution in [2.24, 2.45) is 0 Å². The first-order valence-electron chi connectivity index (χ1n) is 11.9. The first kappa shape index (κ1) is 23.4. The summed E-state index contributed by atoms with van der Waals surface area (Å²) in [6, 6.07) is 20.8. The van der Waals surface area contributed by atoms with E-state index in [0.717, 1.165) is 60.4 Å². The molecule has 0 aliphatic carbocycles. The second-order valence-electron chi connectivity index (χ2n) is 8.58. The number of allylic oxidation sites excluding steroid dienone is 1. The Bertz CT molecular complexity index is 1220. The van der Waals surface area contributed by atoms with Gasteiger partial charge in [-0.3, -0.25) is 4.90 Å². The minimum atomic E-state index is 0.259. The zero-order valence-corrected chi connectivity index (χ0v) is 20.6. The molecule has 3 aromatic rings. The average molecular weight is 485 g/mol. The number of benzene rings is 2. The van der Waals surface area contributed by atoms with Gasteiger partial charge in [0.15, 0.2) is 0 Å². The third kappa shape index (κ3) is 5.65. The van der Waals surface area contributed by atoms with Gasteiger partial charge in [0.25, 0.3) is 0 Å². The normalized spacial score (nSPS) is 17.4. The molecule has 2 aliphatic heterocycles. The summed E-state index contributed by atoms with van der Waals surface area (Å²) in [6.45, 7) is 9.24. The lowest BCUT2D eigenvalue weighted by Crippen LogP contribution is -2.45. The van der Waals surface area contributed by atoms with Crippen molar-refractivity contribution in [3.8, 4) is 12.1 Å². The van der Waals surface area contributed by atoms with Crippen molar-refractivity contribution in [2.75, 3.05) is 38.0 Å². The molecule has 1 fully saturated rings. The molecule has 35 heavy (non-hydrogen) atoms. The number of piperazine rings is 1. The Balaban J connectivity index is 1.20. The van der Waals surface area contributed by atoms with Crippen molar-refractivity contribution in [1.82, 2.24) is 19.8 Å². The minimum Gasteiger partial charge on any atom is -0.459 e. The first-order chi connectivity index (χ1) is 17.2. The van der Waals surface area contributed by atoms with Crippen LogP contribution in [-0.4, -0.2) is 52.5 Å². The van der Waals surface area contributed by atoms with Gasteiger partial charge in [-0.15, -0.1) is 0 Å². The lowest BCUT2D eigenvalue weighted by Gasteiger charge is -2.34. The van der Waals surface area contributed by atoms with Gasteiger partial charge in [-0.25, -0.2) is 4.98 Å². The number of hydrogen-bond donors (Lipinski definition) is 1. The van der Waals surface area contributed by atoms with Crippen molar-refractivity contribution in [3.05, 3.63) is 82.6 Å². The van der Waals surface area contributed by atoms with Gasteiger partial charge in [0.05, 0.1) is 16.4 Å². The molecule has 0 radical (unpaired) electrons. The van der Waals surface area contributed by atoms with Gasteiger partial charge in [0, 0.05) is 43.8 Å². The predicted molar refractivity (Wildman–Crippen MR) is 139 cm³/mol. The Morgan fingerprint density at radius 2 is 1.77 bits per heavy atom. The summed E-state index contributed by atoms with van der Waals surface area (Å²) in [4.78, 5) is 14.8. The van der Waals surface area contributed by atoms with Crippen molar-refractivity contribution in [3.63, 3.8) is 0 Å². The number of thioether (sulfide) groups is 1. The summed E-state index contributed by atoms with van der Waals surface area (Å²) in [5.74, 6) is 0. The fourth-order valence-electron chi connectivity index (χ4n) is 4.21. The predicted octanol–water partition coefficient (Wildman–Crippen LogP) is 4.60. The Morgan fingerprint density at radius 3 is 2.51 bits per heavy atom. The molecular weight excluding hydrogens is 456 g/mol. The molecule has 0 atom stereocenters. The van der Waals surface area contributed by atoms with Crippen LogP contribution in [-0.2, 0) is 13.2 Å². The molecule has 2 aliphatic rings. The van der Waals surface area contributed by atoms with Crippen LogP contribution in [0.4, 0.5) is 5.69 Å². The summed E-state index contributed by atoms with van der Waals surface area (Å²) in [5, 5.41) is 13.9. The van der Waals surface area contributed by atoms with E-state index >= 15 is 0 Å². The number of nitrogens with zero attached hydrogens (tertiary/aromatic N) is 5. The standard InChI is InChI=1S/C27H28N6OS/c1-2-32-13-15-33(16-14-32)18-20-7-9-21(10-8-20)19-34-27-29-12-11-23(31-27)22(17-28)26-30-24-5-3-4-6-25(24)35-26/h3-12,30H,2,13-16,18-19H2,1H3. The molecule has 0 spiro atoms. The van der Waals surface area contributed by atoms with Gasteiger partial charge in [-0.05, 0) is 35.9 Å². The maximum Gasteiger partial charge on any atom is 0.317 e. The molecule has 178 valence electrons. The van der Waals surface area contributed by atoms with Gasteiger partial charge in [-0.1, -0.05) is 55.1 Å². The van der Waals surface area contributed by atoms with E-state index in [9.17, 15) is 5.26 Å². The van der Waals surface area contributed by atoms with Crippen molar-refractivity contribution in [1.29, 1.82) is 5.26 Å². The maximum atomic E-state index is 9.82. The smallest absolute Gasteiger partial charge is 0.317 e. The van der Waals surface area contributed by atoms with Crippen LogP contribution >= 0.6 is 11.8 Å². The third-order valence-corrected chi connectivity index (χ3v) is 7.37. The Hall–Kier alpha value is -3.38. The number of para-hydroxylation sites is 1. The van der Waals surface area contributed by atoms with Crippen LogP contribution in [0.2, 0.25) is 0 Å². The van der Waals surface area contributed by atoms with Gasteiger partial charge < -0.3 is 15.0 Å². The number of fused-ring (bicyclic) bond motifs is 1. The molecule has 1 aromatic heterocycles. The van der Waals surface area contributed by atoms with Crippen LogP contribution in [0.25, 0.3) is 5.57 Å². The number of ether oxygens (including phenoxy) is 1. The van der Waals surface area contributed by atoms with Crippen LogP contribution in [0.15, 0.2) is 70.7 Å². The molecule has 8 heteroatoms. The van der Waals surface area contributed by atoms with E-state index in [4.69, 9.17) is 4.74 Å². The van der Waals surface area contributed by atoms with Crippen LogP contribution in [0.3, 0.4) is 0 Å². The van der Waals surface area contributed by atoms with Crippen molar-refractivity contribution in [2.45, 2.75) is 25.0 Å². The summed E-state index contributed by atoms with van der Waals surface area (Å²) >= 11 is 1.53. The van der Waals surface area contributed by atoms with Gasteiger partial charge >= 0.3 is 6.01 Å². The number of rotatable bonds is 7. The van der Waals surface area contributed by atoms with Gasteiger partial charge in [0.2, 0.25) is 0 Å². The molecule has 3 heterocycles. The number of aromatic nitrogens is 2. The molecule has 2 aromatic carbocycles. The second-order valence-corrected chi connectivity index (χ2v) is 9.63. The average Bonchev–Trinajstić information content (AvgIpc) is 3.33. The third-order valence-electron chi connectivity index (χ3n) is 6.28. The Kier molecular flexibility index (Phi) is 7.28. The number of hydrogen-bond acceptors (Lipinski definition) is 8. The fourth-order valence-corrected chi connectivity index (χ4v) is 5.22. The van der Waals surface area contributed by atoms with E-state index in [-0.39, 0.29) is 6.01 Å². The summed E-state index contributed by atoms with van der Waals surface area (Å²) < 4.78 is 5.87. The van der Waals surface area contributed by atoms with Crippen LogP contribution in [0.5, 0.6) is 6.01 Å². The lowest BCUT2D eigenvalue weighted by atomic mass is 10.1. The zero-order valence-electron chi connectivity index (χ0n) is 19.8. The highest BCUT2D eigenvalue weighted by Crippen LogP contribution is 2.43. The van der Waals surface area contributed by atoms with Crippen molar-refractivity contribution < 1.29 is 4.74 Å². The molecular formula is C27H28N6OS. The minimum absolute atomic E-state index is 0.259. The van der Waals surface area contributed by atoms with Crippen LogP contribution < -0.4 is 10.1 Å². The van der Waals surface area contributed by atoms with Gasteiger partial charge in [0.1, 0.15) is 18.2 Å². The van der Waals surface area contributed by atoms with Gasteiger partial charge in [-0.2, -0.15) is 10.2 Å². The van der Waals surface area contributed by atoms with Crippen molar-refractivity contribution >= 4 is 23.0 Å². The van der Waals surface area contributed by atoms with E-state index < -0.39 is 0 Å². The summed E-state index contributed by atoms with van der Waals surface area (Å²) in [7, 11) is 0. The van der Waals surface area contributed by atoms with E-state index in [1.807, 2.05) is 24.3 Å². The molecule has 0 amide bonds. The van der Waals surface area contributed by atoms with E-state index in [0.29, 0.717) is 17.9 Å². The fraction of sp³-hybridized carbons (Fsp3) is 0.296. The summed E-state index contributed by atoms with van der Waals surface area (Å²) in [5.41, 5.74) is 4.38. The maximum absolute atomic E-state index is 9.82. The molecule has 7 nitrogen and oxygen atoms in total. The monoisotopic (exact) mass is 484 g/mol. The molecule has 0 unspecified atom stereocenters. The highest BCUT2D eigenvalue weighted by Gasteiger charge is 2.21. The topological polar surface area (TPSA) is 77.3 Å². The van der Waals surface area contributed by atoms with E-state index in [2.05, 4.69) is 62.3 Å². The summed E-state index contributed by atoms with van der Waals surface area (Å²) in [6.07, 6.45) is 1.63. The number of anilines is 1. The molecule has 5 rings (SSSR count). The molecule has 0 bridgehead atoms.